The Labute approximate surface area is 126 Å². The van der Waals surface area contributed by atoms with Crippen molar-refractivity contribution in [3.8, 4) is 0 Å². The fourth-order valence-electron chi connectivity index (χ4n) is 2.16. The van der Waals surface area contributed by atoms with E-state index in [0.29, 0.717) is 12.6 Å². The van der Waals surface area contributed by atoms with E-state index >= 15 is 0 Å². The van der Waals surface area contributed by atoms with Crippen molar-refractivity contribution in [3.05, 3.63) is 10.6 Å². The summed E-state index contributed by atoms with van der Waals surface area (Å²) in [5, 5.41) is 4.71. The van der Waals surface area contributed by atoms with E-state index in [1.807, 2.05) is 11.3 Å². The SMILES string of the molecule is CCN(c1nc(COC)c(CNC(C)(C)C)s1)C1CC1. The molecule has 1 fully saturated rings. The van der Waals surface area contributed by atoms with Gasteiger partial charge in [0.15, 0.2) is 5.13 Å². The average molecular weight is 297 g/mol. The summed E-state index contributed by atoms with van der Waals surface area (Å²) in [4.78, 5) is 8.55. The summed E-state index contributed by atoms with van der Waals surface area (Å²) in [5.74, 6) is 0. The number of hydrogen-bond acceptors (Lipinski definition) is 5. The van der Waals surface area contributed by atoms with E-state index < -0.39 is 0 Å². The molecule has 0 aromatic carbocycles. The summed E-state index contributed by atoms with van der Waals surface area (Å²) < 4.78 is 5.30. The Morgan fingerprint density at radius 2 is 2.10 bits per heavy atom. The molecule has 1 heterocycles. The average Bonchev–Trinajstić information content (AvgIpc) is 3.10. The largest absolute Gasteiger partial charge is 0.378 e. The number of methoxy groups -OCH3 is 1. The Morgan fingerprint density at radius 1 is 1.40 bits per heavy atom. The second-order valence-electron chi connectivity index (χ2n) is 6.42. The van der Waals surface area contributed by atoms with Crippen molar-refractivity contribution in [3.63, 3.8) is 0 Å². The van der Waals surface area contributed by atoms with Crippen molar-refractivity contribution in [2.24, 2.45) is 0 Å². The van der Waals surface area contributed by atoms with Crippen LogP contribution in [0.5, 0.6) is 0 Å². The zero-order valence-electron chi connectivity index (χ0n) is 13.3. The fraction of sp³-hybridized carbons (Fsp3) is 0.800. The maximum absolute atomic E-state index is 5.30. The van der Waals surface area contributed by atoms with Crippen LogP contribution in [0.25, 0.3) is 0 Å². The van der Waals surface area contributed by atoms with E-state index in [-0.39, 0.29) is 5.54 Å². The molecule has 0 atom stereocenters. The van der Waals surface area contributed by atoms with E-state index in [2.05, 4.69) is 37.9 Å². The van der Waals surface area contributed by atoms with Crippen molar-refractivity contribution in [1.29, 1.82) is 0 Å². The molecule has 4 nitrogen and oxygen atoms in total. The van der Waals surface area contributed by atoms with Crippen molar-refractivity contribution < 1.29 is 4.74 Å². The molecule has 1 aromatic rings. The van der Waals surface area contributed by atoms with Gasteiger partial charge in [-0.25, -0.2) is 4.98 Å². The van der Waals surface area contributed by atoms with Crippen LogP contribution in [-0.4, -0.2) is 30.2 Å². The van der Waals surface area contributed by atoms with Gasteiger partial charge in [-0.15, -0.1) is 11.3 Å². The molecule has 0 unspecified atom stereocenters. The summed E-state index contributed by atoms with van der Waals surface area (Å²) >= 11 is 1.81. The van der Waals surface area contributed by atoms with Gasteiger partial charge in [0.1, 0.15) is 0 Å². The number of rotatable bonds is 7. The molecule has 0 radical (unpaired) electrons. The lowest BCUT2D eigenvalue weighted by Gasteiger charge is -2.20. The highest BCUT2D eigenvalue weighted by Crippen LogP contribution is 2.35. The molecule has 1 saturated carbocycles. The number of thiazole rings is 1. The number of nitrogens with zero attached hydrogens (tertiary/aromatic N) is 2. The first kappa shape index (κ1) is 15.7. The Kier molecular flexibility index (Phi) is 5.04. The van der Waals surface area contributed by atoms with Crippen LogP contribution in [0.15, 0.2) is 0 Å². The lowest BCUT2D eigenvalue weighted by atomic mass is 10.1. The van der Waals surface area contributed by atoms with Crippen LogP contribution in [-0.2, 0) is 17.9 Å². The first-order chi connectivity index (χ1) is 9.44. The lowest BCUT2D eigenvalue weighted by Crippen LogP contribution is -2.35. The second kappa shape index (κ2) is 6.41. The predicted molar refractivity (Wildman–Crippen MR) is 85.5 cm³/mol. The van der Waals surface area contributed by atoms with Gasteiger partial charge < -0.3 is 15.0 Å². The molecule has 20 heavy (non-hydrogen) atoms. The third-order valence-corrected chi connectivity index (χ3v) is 4.54. The number of hydrogen-bond donors (Lipinski definition) is 1. The Hall–Kier alpha value is -0.650. The van der Waals surface area contributed by atoms with Crippen molar-refractivity contribution in [2.75, 3.05) is 18.6 Å². The highest BCUT2D eigenvalue weighted by atomic mass is 32.1. The van der Waals surface area contributed by atoms with Crippen LogP contribution >= 0.6 is 11.3 Å². The monoisotopic (exact) mass is 297 g/mol. The molecule has 0 aliphatic heterocycles. The Bertz CT molecular complexity index is 435. The third-order valence-electron chi connectivity index (χ3n) is 3.40. The number of nitrogens with one attached hydrogen (secondary N) is 1. The number of anilines is 1. The summed E-state index contributed by atoms with van der Waals surface area (Å²) in [6.07, 6.45) is 2.62. The number of ether oxygens (including phenoxy) is 1. The second-order valence-corrected chi connectivity index (χ2v) is 7.48. The molecule has 0 saturated heterocycles. The molecule has 114 valence electrons. The first-order valence-corrected chi connectivity index (χ1v) is 8.25. The molecule has 1 aliphatic rings. The van der Waals surface area contributed by atoms with E-state index in [1.165, 1.54) is 17.7 Å². The third kappa shape index (κ3) is 4.17. The van der Waals surface area contributed by atoms with Crippen LogP contribution in [0.4, 0.5) is 5.13 Å². The molecule has 1 aliphatic carbocycles. The topological polar surface area (TPSA) is 37.4 Å². The normalized spacial score (nSPS) is 15.7. The highest BCUT2D eigenvalue weighted by Gasteiger charge is 2.30. The van der Waals surface area contributed by atoms with Gasteiger partial charge in [-0.05, 0) is 40.5 Å². The quantitative estimate of drug-likeness (QED) is 0.839. The minimum atomic E-state index is 0.120. The summed E-state index contributed by atoms with van der Waals surface area (Å²) in [7, 11) is 1.73. The lowest BCUT2D eigenvalue weighted by molar-refractivity contribution is 0.181. The van der Waals surface area contributed by atoms with Gasteiger partial charge in [-0.3, -0.25) is 0 Å². The van der Waals surface area contributed by atoms with Gasteiger partial charge in [0.25, 0.3) is 0 Å². The fourth-order valence-corrected chi connectivity index (χ4v) is 3.30. The van der Waals surface area contributed by atoms with E-state index in [1.54, 1.807) is 7.11 Å². The van der Waals surface area contributed by atoms with Crippen LogP contribution in [0, 0.1) is 0 Å². The maximum Gasteiger partial charge on any atom is 0.186 e. The van der Waals surface area contributed by atoms with Crippen molar-refractivity contribution in [1.82, 2.24) is 10.3 Å². The molecule has 0 amide bonds. The van der Waals surface area contributed by atoms with E-state index in [9.17, 15) is 0 Å². The van der Waals surface area contributed by atoms with Gasteiger partial charge in [0.2, 0.25) is 0 Å². The zero-order chi connectivity index (χ0) is 14.8. The minimum absolute atomic E-state index is 0.120. The number of aromatic nitrogens is 1. The molecular formula is C15H27N3OS. The van der Waals surface area contributed by atoms with Crippen LogP contribution < -0.4 is 10.2 Å². The Morgan fingerprint density at radius 3 is 2.60 bits per heavy atom. The highest BCUT2D eigenvalue weighted by molar-refractivity contribution is 7.15. The van der Waals surface area contributed by atoms with Gasteiger partial charge >= 0.3 is 0 Å². The molecule has 1 aromatic heterocycles. The van der Waals surface area contributed by atoms with E-state index in [0.717, 1.165) is 23.9 Å². The molecule has 0 spiro atoms. The molecular weight excluding hydrogens is 270 g/mol. The van der Waals surface area contributed by atoms with E-state index in [4.69, 9.17) is 9.72 Å². The molecule has 1 N–H and O–H groups in total. The zero-order valence-corrected chi connectivity index (χ0v) is 14.1. The summed E-state index contributed by atoms with van der Waals surface area (Å²) in [6.45, 7) is 11.3. The van der Waals surface area contributed by atoms with Crippen LogP contribution in [0.3, 0.4) is 0 Å². The van der Waals surface area contributed by atoms with Crippen molar-refractivity contribution in [2.45, 2.75) is 65.3 Å². The molecule has 0 bridgehead atoms. The van der Waals surface area contributed by atoms with Gasteiger partial charge in [0.05, 0.1) is 12.3 Å². The minimum Gasteiger partial charge on any atom is -0.378 e. The standard InChI is InChI=1S/C15H27N3OS/c1-6-18(11-7-8-11)14-17-12(10-19-5)13(20-14)9-16-15(2,3)4/h11,16H,6-10H2,1-5H3. The summed E-state index contributed by atoms with van der Waals surface area (Å²) in [5.41, 5.74) is 1.21. The van der Waals surface area contributed by atoms with Gasteiger partial charge in [0, 0.05) is 36.7 Å². The van der Waals surface area contributed by atoms with Crippen LogP contribution in [0.2, 0.25) is 0 Å². The van der Waals surface area contributed by atoms with Crippen LogP contribution in [0.1, 0.15) is 51.1 Å². The van der Waals surface area contributed by atoms with Gasteiger partial charge in [-0.2, -0.15) is 0 Å². The maximum atomic E-state index is 5.30. The summed E-state index contributed by atoms with van der Waals surface area (Å²) in [6, 6.07) is 0.713. The Balaban J connectivity index is 2.14. The smallest absolute Gasteiger partial charge is 0.186 e. The predicted octanol–water partition coefficient (Wildman–Crippen LogP) is 3.17. The molecule has 5 heteroatoms. The molecule has 2 rings (SSSR count). The first-order valence-electron chi connectivity index (χ1n) is 7.43. The van der Waals surface area contributed by atoms with Gasteiger partial charge in [-0.1, -0.05) is 0 Å². The van der Waals surface area contributed by atoms with Crippen molar-refractivity contribution >= 4 is 16.5 Å².